The molecule has 0 fully saturated rings. The van der Waals surface area contributed by atoms with Gasteiger partial charge in [-0.15, -0.1) is 0 Å². The molecule has 8 aromatic carbocycles. The van der Waals surface area contributed by atoms with Gasteiger partial charge in [-0.3, -0.25) is 0 Å². The van der Waals surface area contributed by atoms with Crippen LogP contribution in [0.4, 0.5) is 0 Å². The maximum atomic E-state index is 6.35. The van der Waals surface area contributed by atoms with Crippen LogP contribution < -0.4 is 4.74 Å². The van der Waals surface area contributed by atoms with Gasteiger partial charge in [0.15, 0.2) is 0 Å². The molecule has 0 radical (unpaired) electrons. The second-order valence-electron chi connectivity index (χ2n) is 12.1. The first-order chi connectivity index (χ1) is 22.8. The SMILES string of the molecule is c1ccc2c(c1)Oc1ccc(-c3ccc(-c4ccccc4-n4c5ccccc5c5c6ccccc6ccc54)cc3)c3cccc-2c13. The quantitative estimate of drug-likeness (QED) is 0.201. The van der Waals surface area contributed by atoms with Gasteiger partial charge in [-0.25, -0.2) is 0 Å². The van der Waals surface area contributed by atoms with Crippen molar-refractivity contribution in [2.75, 3.05) is 0 Å². The number of fused-ring (bicyclic) bond motifs is 7. The van der Waals surface area contributed by atoms with Gasteiger partial charge in [0.2, 0.25) is 0 Å². The van der Waals surface area contributed by atoms with Crippen LogP contribution in [0, 0.1) is 0 Å². The molecule has 46 heavy (non-hydrogen) atoms. The lowest BCUT2D eigenvalue weighted by atomic mass is 9.90. The van der Waals surface area contributed by atoms with Gasteiger partial charge in [-0.05, 0) is 68.7 Å². The largest absolute Gasteiger partial charge is 0.456 e. The lowest BCUT2D eigenvalue weighted by molar-refractivity contribution is 0.487. The molecule has 9 aromatic rings. The number of hydrogen-bond donors (Lipinski definition) is 0. The molecule has 0 spiro atoms. The van der Waals surface area contributed by atoms with Crippen molar-refractivity contribution in [1.29, 1.82) is 0 Å². The summed E-state index contributed by atoms with van der Waals surface area (Å²) in [5.41, 5.74) is 10.8. The molecular weight excluding hydrogens is 558 g/mol. The summed E-state index contributed by atoms with van der Waals surface area (Å²) in [6.45, 7) is 0. The average molecular weight is 586 g/mol. The highest BCUT2D eigenvalue weighted by atomic mass is 16.5. The topological polar surface area (TPSA) is 14.2 Å². The molecule has 0 bridgehead atoms. The van der Waals surface area contributed by atoms with E-state index in [2.05, 4.69) is 156 Å². The van der Waals surface area contributed by atoms with Crippen molar-refractivity contribution >= 4 is 43.4 Å². The fourth-order valence-corrected chi connectivity index (χ4v) is 7.57. The summed E-state index contributed by atoms with van der Waals surface area (Å²) in [5, 5.41) is 7.49. The Morgan fingerprint density at radius 3 is 1.91 bits per heavy atom. The molecule has 2 heteroatoms. The Hall–Kier alpha value is -6.12. The zero-order valence-electron chi connectivity index (χ0n) is 24.9. The van der Waals surface area contributed by atoms with Crippen molar-refractivity contribution in [3.8, 4) is 50.6 Å². The summed E-state index contributed by atoms with van der Waals surface area (Å²) < 4.78 is 8.78. The summed E-state index contributed by atoms with van der Waals surface area (Å²) in [5.74, 6) is 1.83. The minimum Gasteiger partial charge on any atom is -0.456 e. The molecule has 0 N–H and O–H groups in total. The Kier molecular flexibility index (Phi) is 5.31. The zero-order valence-corrected chi connectivity index (χ0v) is 24.9. The second kappa shape index (κ2) is 9.69. The van der Waals surface area contributed by atoms with Gasteiger partial charge in [0.05, 0.1) is 16.7 Å². The Morgan fingerprint density at radius 2 is 1.02 bits per heavy atom. The van der Waals surface area contributed by atoms with Crippen molar-refractivity contribution < 1.29 is 4.74 Å². The molecule has 1 aliphatic heterocycles. The van der Waals surface area contributed by atoms with Gasteiger partial charge in [0.1, 0.15) is 11.5 Å². The highest BCUT2D eigenvalue weighted by Crippen LogP contribution is 2.48. The number of ether oxygens (including phenoxy) is 1. The Bertz CT molecular complexity index is 2660. The van der Waals surface area contributed by atoms with E-state index in [1.165, 1.54) is 76.9 Å². The van der Waals surface area contributed by atoms with Crippen LogP contribution in [0.1, 0.15) is 0 Å². The molecule has 1 aliphatic rings. The molecule has 0 saturated carbocycles. The molecule has 2 heterocycles. The van der Waals surface area contributed by atoms with Crippen LogP contribution in [0.25, 0.3) is 82.4 Å². The predicted molar refractivity (Wildman–Crippen MR) is 192 cm³/mol. The Balaban J connectivity index is 1.13. The molecule has 0 atom stereocenters. The van der Waals surface area contributed by atoms with Crippen LogP contribution in [0.2, 0.25) is 0 Å². The maximum absolute atomic E-state index is 6.35. The average Bonchev–Trinajstić information content (AvgIpc) is 3.47. The summed E-state index contributed by atoms with van der Waals surface area (Å²) >= 11 is 0. The number of benzene rings is 8. The first-order valence-corrected chi connectivity index (χ1v) is 15.8. The molecule has 1 aromatic heterocycles. The van der Waals surface area contributed by atoms with Crippen molar-refractivity contribution in [3.05, 3.63) is 164 Å². The van der Waals surface area contributed by atoms with E-state index in [0.717, 1.165) is 17.1 Å². The van der Waals surface area contributed by atoms with Crippen LogP contribution in [0.3, 0.4) is 0 Å². The standard InChI is InChI=1S/C44H27NO/c1-2-12-33-28(10-1)24-26-40-43(33)37-14-4-7-18-39(37)45(40)38-17-6-3-11-32(38)30-22-20-29(21-23-30)31-25-27-42-44-35(31)15-9-16-36(44)34-13-5-8-19-41(34)46-42/h1-27H. The van der Waals surface area contributed by atoms with Crippen LogP contribution in [-0.2, 0) is 0 Å². The van der Waals surface area contributed by atoms with Gasteiger partial charge in [-0.1, -0.05) is 133 Å². The number of hydrogen-bond acceptors (Lipinski definition) is 1. The third-order valence-corrected chi connectivity index (χ3v) is 9.61. The fraction of sp³-hybridized carbons (Fsp3) is 0. The Morgan fingerprint density at radius 1 is 0.348 bits per heavy atom. The van der Waals surface area contributed by atoms with Gasteiger partial charge in [0.25, 0.3) is 0 Å². The minimum atomic E-state index is 0.912. The van der Waals surface area contributed by atoms with Crippen LogP contribution in [-0.4, -0.2) is 4.57 Å². The summed E-state index contributed by atoms with van der Waals surface area (Å²) in [6.07, 6.45) is 0. The van der Waals surface area contributed by atoms with Crippen LogP contribution in [0.5, 0.6) is 11.5 Å². The summed E-state index contributed by atoms with van der Waals surface area (Å²) in [4.78, 5) is 0. The normalized spacial score (nSPS) is 12.1. The van der Waals surface area contributed by atoms with E-state index >= 15 is 0 Å². The molecule has 0 aliphatic carbocycles. The van der Waals surface area contributed by atoms with Crippen LogP contribution >= 0.6 is 0 Å². The van der Waals surface area contributed by atoms with E-state index in [-0.39, 0.29) is 0 Å². The molecule has 0 unspecified atom stereocenters. The third kappa shape index (κ3) is 3.59. The third-order valence-electron chi connectivity index (χ3n) is 9.61. The van der Waals surface area contributed by atoms with E-state index in [0.29, 0.717) is 0 Å². The summed E-state index contributed by atoms with van der Waals surface area (Å²) in [7, 11) is 0. The Labute approximate surface area is 266 Å². The van der Waals surface area contributed by atoms with Gasteiger partial charge in [0, 0.05) is 27.3 Å². The molecule has 2 nitrogen and oxygen atoms in total. The van der Waals surface area contributed by atoms with E-state index < -0.39 is 0 Å². The van der Waals surface area contributed by atoms with E-state index in [9.17, 15) is 0 Å². The van der Waals surface area contributed by atoms with E-state index in [1.54, 1.807) is 0 Å². The number of rotatable bonds is 3. The highest BCUT2D eigenvalue weighted by Gasteiger charge is 2.21. The lowest BCUT2D eigenvalue weighted by Gasteiger charge is -2.22. The number of nitrogens with zero attached hydrogens (tertiary/aromatic N) is 1. The van der Waals surface area contributed by atoms with Gasteiger partial charge < -0.3 is 9.30 Å². The number of para-hydroxylation sites is 3. The van der Waals surface area contributed by atoms with Gasteiger partial charge in [-0.2, -0.15) is 0 Å². The second-order valence-corrected chi connectivity index (χ2v) is 12.1. The molecular formula is C44H27NO. The smallest absolute Gasteiger partial charge is 0.135 e. The van der Waals surface area contributed by atoms with Crippen molar-refractivity contribution in [2.24, 2.45) is 0 Å². The van der Waals surface area contributed by atoms with Gasteiger partial charge >= 0.3 is 0 Å². The molecule has 0 amide bonds. The van der Waals surface area contributed by atoms with E-state index in [4.69, 9.17) is 4.74 Å². The first kappa shape index (κ1) is 25.2. The summed E-state index contributed by atoms with van der Waals surface area (Å²) in [6, 6.07) is 59.0. The fourth-order valence-electron chi connectivity index (χ4n) is 7.57. The number of aromatic nitrogens is 1. The van der Waals surface area contributed by atoms with Crippen LogP contribution in [0.15, 0.2) is 164 Å². The van der Waals surface area contributed by atoms with E-state index in [1.807, 2.05) is 12.1 Å². The van der Waals surface area contributed by atoms with Crippen molar-refractivity contribution in [2.45, 2.75) is 0 Å². The molecule has 10 rings (SSSR count). The molecule has 0 saturated heterocycles. The zero-order chi connectivity index (χ0) is 30.2. The minimum absolute atomic E-state index is 0.912. The molecule has 214 valence electrons. The van der Waals surface area contributed by atoms with Crippen molar-refractivity contribution in [1.82, 2.24) is 4.57 Å². The lowest BCUT2D eigenvalue weighted by Crippen LogP contribution is -1.98. The highest BCUT2D eigenvalue weighted by molar-refractivity contribution is 6.21. The monoisotopic (exact) mass is 585 g/mol. The van der Waals surface area contributed by atoms with Crippen molar-refractivity contribution in [3.63, 3.8) is 0 Å². The maximum Gasteiger partial charge on any atom is 0.135 e. The predicted octanol–water partition coefficient (Wildman–Crippen LogP) is 12.2. The first-order valence-electron chi connectivity index (χ1n) is 15.8.